The molecule has 1 amide bonds. The number of benzene rings is 2. The number of nitrogens with zero attached hydrogens (tertiary/aromatic N) is 4. The molecule has 5 rings (SSSR count). The van der Waals surface area contributed by atoms with Crippen LogP contribution in [-0.4, -0.2) is 25.4 Å². The van der Waals surface area contributed by atoms with Crippen LogP contribution in [0.4, 0.5) is 5.95 Å². The molecule has 0 atom stereocenters. The van der Waals surface area contributed by atoms with Gasteiger partial charge in [-0.2, -0.15) is 0 Å². The molecule has 0 aliphatic rings. The first kappa shape index (κ1) is 18.0. The number of aromatic nitrogens is 4. The molecular weight excluding hydrogens is 374 g/mol. The van der Waals surface area contributed by atoms with Gasteiger partial charge in [-0.3, -0.25) is 15.1 Å². The monoisotopic (exact) mass is 393 g/mol. The van der Waals surface area contributed by atoms with Gasteiger partial charge in [0.2, 0.25) is 5.95 Å². The number of nitrogens with one attached hydrogen (secondary N) is 1. The van der Waals surface area contributed by atoms with E-state index in [1.807, 2.05) is 78.2 Å². The number of rotatable bonds is 4. The largest absolute Gasteiger partial charge is 0.310 e. The van der Waals surface area contributed by atoms with Gasteiger partial charge in [-0.25, -0.2) is 9.97 Å². The second kappa shape index (κ2) is 7.40. The Labute approximate surface area is 173 Å². The number of pyridine rings is 2. The molecule has 6 nitrogen and oxygen atoms in total. The fourth-order valence-electron chi connectivity index (χ4n) is 3.69. The van der Waals surface area contributed by atoms with Crippen molar-refractivity contribution in [2.75, 3.05) is 5.32 Å². The van der Waals surface area contributed by atoms with Crippen LogP contribution < -0.4 is 5.32 Å². The molecule has 0 saturated carbocycles. The highest BCUT2D eigenvalue weighted by Crippen LogP contribution is 2.26. The van der Waals surface area contributed by atoms with Gasteiger partial charge < -0.3 is 4.57 Å². The molecule has 0 saturated heterocycles. The van der Waals surface area contributed by atoms with E-state index in [1.54, 1.807) is 12.4 Å². The molecule has 0 fully saturated rings. The van der Waals surface area contributed by atoms with Crippen molar-refractivity contribution in [2.45, 2.75) is 13.5 Å². The van der Waals surface area contributed by atoms with Crippen molar-refractivity contribution in [1.29, 1.82) is 0 Å². The zero-order chi connectivity index (χ0) is 20.5. The average Bonchev–Trinajstić information content (AvgIpc) is 3.15. The van der Waals surface area contributed by atoms with E-state index in [-0.39, 0.29) is 5.91 Å². The zero-order valence-electron chi connectivity index (χ0n) is 16.4. The summed E-state index contributed by atoms with van der Waals surface area (Å²) in [7, 11) is 0. The number of carbonyl (C=O) groups excluding carboxylic acids is 1. The van der Waals surface area contributed by atoms with Crippen LogP contribution in [0.15, 0.2) is 79.1 Å². The van der Waals surface area contributed by atoms with Gasteiger partial charge >= 0.3 is 0 Å². The second-order valence-electron chi connectivity index (χ2n) is 6.93. The summed E-state index contributed by atoms with van der Waals surface area (Å²) in [5.74, 6) is 0.323. The Bertz CT molecular complexity index is 1370. The van der Waals surface area contributed by atoms with Crippen LogP contribution in [0.5, 0.6) is 0 Å². The van der Waals surface area contributed by atoms with Crippen molar-refractivity contribution in [3.63, 3.8) is 0 Å². The van der Waals surface area contributed by atoms with E-state index < -0.39 is 0 Å². The molecular formula is C24H19N5O. The van der Waals surface area contributed by atoms with E-state index in [9.17, 15) is 4.79 Å². The van der Waals surface area contributed by atoms with Gasteiger partial charge in [0.25, 0.3) is 5.91 Å². The van der Waals surface area contributed by atoms with E-state index >= 15 is 0 Å². The van der Waals surface area contributed by atoms with E-state index in [4.69, 9.17) is 4.98 Å². The number of anilines is 1. The van der Waals surface area contributed by atoms with E-state index in [0.29, 0.717) is 18.1 Å². The maximum atomic E-state index is 13.4. The molecule has 2 aromatic carbocycles. The summed E-state index contributed by atoms with van der Waals surface area (Å²) in [5, 5.41) is 3.81. The minimum absolute atomic E-state index is 0.214. The van der Waals surface area contributed by atoms with E-state index in [0.717, 1.165) is 33.2 Å². The number of fused-ring (bicyclic) bond motifs is 2. The third-order valence-corrected chi connectivity index (χ3v) is 5.13. The fraction of sp³-hybridized carbons (Fsp3) is 0.0833. The topological polar surface area (TPSA) is 72.7 Å². The summed E-state index contributed by atoms with van der Waals surface area (Å²) in [4.78, 5) is 26.8. The average molecular weight is 393 g/mol. The van der Waals surface area contributed by atoms with Gasteiger partial charge in [-0.1, -0.05) is 30.3 Å². The number of hydrogen-bond donors (Lipinski definition) is 1. The third-order valence-electron chi connectivity index (χ3n) is 5.13. The summed E-state index contributed by atoms with van der Waals surface area (Å²) in [5.41, 5.74) is 4.80. The summed E-state index contributed by atoms with van der Waals surface area (Å²) in [6.07, 6.45) is 3.44. The Kier molecular flexibility index (Phi) is 4.44. The number of carbonyl (C=O) groups is 1. The quantitative estimate of drug-likeness (QED) is 0.470. The van der Waals surface area contributed by atoms with Crippen LogP contribution in [-0.2, 0) is 6.54 Å². The molecule has 6 heteroatoms. The molecule has 0 unspecified atom stereocenters. The van der Waals surface area contributed by atoms with Crippen molar-refractivity contribution >= 4 is 33.8 Å². The highest BCUT2D eigenvalue weighted by molar-refractivity contribution is 6.13. The Morgan fingerprint density at radius 3 is 2.47 bits per heavy atom. The predicted octanol–water partition coefficient (Wildman–Crippen LogP) is 4.92. The van der Waals surface area contributed by atoms with Crippen molar-refractivity contribution in [1.82, 2.24) is 19.5 Å². The predicted molar refractivity (Wildman–Crippen MR) is 118 cm³/mol. The van der Waals surface area contributed by atoms with Crippen molar-refractivity contribution < 1.29 is 4.79 Å². The first-order chi connectivity index (χ1) is 14.7. The summed E-state index contributed by atoms with van der Waals surface area (Å²) in [6, 6.07) is 21.1. The van der Waals surface area contributed by atoms with E-state index in [1.165, 1.54) is 0 Å². The maximum absolute atomic E-state index is 13.4. The molecule has 146 valence electrons. The lowest BCUT2D eigenvalue weighted by atomic mass is 10.0. The van der Waals surface area contributed by atoms with Crippen LogP contribution in [0, 0.1) is 0 Å². The van der Waals surface area contributed by atoms with Gasteiger partial charge in [-0.15, -0.1) is 0 Å². The minimum Gasteiger partial charge on any atom is -0.310 e. The van der Waals surface area contributed by atoms with Gasteiger partial charge in [-0.05, 0) is 43.3 Å². The first-order valence-corrected chi connectivity index (χ1v) is 9.81. The molecule has 0 radical (unpaired) electrons. The lowest BCUT2D eigenvalue weighted by Crippen LogP contribution is -2.16. The first-order valence-electron chi connectivity index (χ1n) is 9.81. The van der Waals surface area contributed by atoms with Crippen LogP contribution in [0.2, 0.25) is 0 Å². The third kappa shape index (κ3) is 3.08. The SMILES string of the molecule is CCn1c(NC(=O)c2cc(-c3ccncc3)nc3ccccc23)nc2ccccc21. The standard InChI is InChI=1S/C24H19N5O/c1-2-29-22-10-6-5-9-20(22)27-24(29)28-23(30)18-15-21(16-11-13-25-14-12-16)26-19-8-4-3-7-17(18)19/h3-15H,2H2,1H3,(H,27,28,30). The van der Waals surface area contributed by atoms with Crippen LogP contribution in [0.1, 0.15) is 17.3 Å². The molecule has 3 aromatic heterocycles. The number of para-hydroxylation sites is 3. The molecule has 0 spiro atoms. The number of hydrogen-bond acceptors (Lipinski definition) is 4. The number of aryl methyl sites for hydroxylation is 1. The smallest absolute Gasteiger partial charge is 0.258 e. The highest BCUT2D eigenvalue weighted by Gasteiger charge is 2.17. The molecule has 1 N–H and O–H groups in total. The van der Waals surface area contributed by atoms with Gasteiger partial charge in [0, 0.05) is 29.9 Å². The van der Waals surface area contributed by atoms with Crippen LogP contribution >= 0.6 is 0 Å². The Hall–Kier alpha value is -4.06. The Morgan fingerprint density at radius 1 is 0.933 bits per heavy atom. The van der Waals surface area contributed by atoms with Gasteiger partial charge in [0.05, 0.1) is 27.8 Å². The molecule has 0 aliphatic carbocycles. The van der Waals surface area contributed by atoms with Crippen molar-refractivity contribution in [2.24, 2.45) is 0 Å². The highest BCUT2D eigenvalue weighted by atomic mass is 16.1. The second-order valence-corrected chi connectivity index (χ2v) is 6.93. The van der Waals surface area contributed by atoms with Crippen molar-refractivity contribution in [3.8, 4) is 11.3 Å². The van der Waals surface area contributed by atoms with Crippen molar-refractivity contribution in [3.05, 3.63) is 84.7 Å². The summed E-state index contributed by atoms with van der Waals surface area (Å²) >= 11 is 0. The minimum atomic E-state index is -0.214. The molecule has 0 aliphatic heterocycles. The number of amides is 1. The molecule has 30 heavy (non-hydrogen) atoms. The van der Waals surface area contributed by atoms with Gasteiger partial charge in [0.15, 0.2) is 0 Å². The van der Waals surface area contributed by atoms with Crippen LogP contribution in [0.3, 0.4) is 0 Å². The lowest BCUT2D eigenvalue weighted by Gasteiger charge is -2.11. The molecule has 5 aromatic rings. The summed E-state index contributed by atoms with van der Waals surface area (Å²) < 4.78 is 2.00. The van der Waals surface area contributed by atoms with E-state index in [2.05, 4.69) is 15.3 Å². The Morgan fingerprint density at radius 2 is 1.67 bits per heavy atom. The Balaban J connectivity index is 1.61. The zero-order valence-corrected chi connectivity index (χ0v) is 16.4. The van der Waals surface area contributed by atoms with Gasteiger partial charge in [0.1, 0.15) is 0 Å². The lowest BCUT2D eigenvalue weighted by molar-refractivity contribution is 0.102. The fourth-order valence-corrected chi connectivity index (χ4v) is 3.69. The van der Waals surface area contributed by atoms with Crippen LogP contribution in [0.25, 0.3) is 33.2 Å². The normalized spacial score (nSPS) is 11.1. The maximum Gasteiger partial charge on any atom is 0.258 e. The summed E-state index contributed by atoms with van der Waals surface area (Å²) in [6.45, 7) is 2.74. The molecule has 3 heterocycles. The number of imidazole rings is 1. The molecule has 0 bridgehead atoms.